The Morgan fingerprint density at radius 1 is 1.14 bits per heavy atom. The highest BCUT2D eigenvalue weighted by Crippen LogP contribution is 2.32. The second-order valence-electron chi connectivity index (χ2n) is 6.45. The standard InChI is InChI=1S/C22H19ClN2O3/c1-2-25(13-15-3-9-20-21(11-15)28-14-27-20)22(26)10-8-18-7-5-16-4-6-17(23)12-19(16)24-18/h3-12H,2,13-14H2,1H3/b10-8+. The van der Waals surface area contributed by atoms with Crippen LogP contribution in [-0.4, -0.2) is 29.1 Å². The maximum atomic E-state index is 12.6. The van der Waals surface area contributed by atoms with Gasteiger partial charge in [0.25, 0.3) is 0 Å². The molecule has 0 radical (unpaired) electrons. The molecule has 2 aromatic carbocycles. The first-order valence-corrected chi connectivity index (χ1v) is 9.42. The minimum Gasteiger partial charge on any atom is -0.454 e. The van der Waals surface area contributed by atoms with Gasteiger partial charge in [0.2, 0.25) is 12.7 Å². The van der Waals surface area contributed by atoms with Gasteiger partial charge in [0.05, 0.1) is 11.2 Å². The van der Waals surface area contributed by atoms with Gasteiger partial charge in [0.15, 0.2) is 11.5 Å². The summed E-state index contributed by atoms with van der Waals surface area (Å²) < 4.78 is 10.7. The van der Waals surface area contributed by atoms with Gasteiger partial charge in [-0.05, 0) is 48.9 Å². The first-order chi connectivity index (χ1) is 13.6. The molecule has 28 heavy (non-hydrogen) atoms. The van der Waals surface area contributed by atoms with E-state index in [1.165, 1.54) is 0 Å². The van der Waals surface area contributed by atoms with Gasteiger partial charge >= 0.3 is 0 Å². The monoisotopic (exact) mass is 394 g/mol. The fourth-order valence-electron chi connectivity index (χ4n) is 3.07. The topological polar surface area (TPSA) is 51.7 Å². The lowest BCUT2D eigenvalue weighted by atomic mass is 10.2. The lowest BCUT2D eigenvalue weighted by molar-refractivity contribution is -0.126. The van der Waals surface area contributed by atoms with Crippen LogP contribution < -0.4 is 9.47 Å². The molecule has 1 aromatic heterocycles. The SMILES string of the molecule is CCN(Cc1ccc2c(c1)OCO2)C(=O)/C=C/c1ccc2ccc(Cl)cc2n1. The molecule has 0 unspecified atom stereocenters. The van der Waals surface area contributed by atoms with Gasteiger partial charge < -0.3 is 14.4 Å². The Morgan fingerprint density at radius 2 is 1.96 bits per heavy atom. The van der Waals surface area contributed by atoms with E-state index in [9.17, 15) is 4.79 Å². The summed E-state index contributed by atoms with van der Waals surface area (Å²) in [7, 11) is 0. The molecule has 0 fully saturated rings. The van der Waals surface area contributed by atoms with Crippen molar-refractivity contribution in [2.24, 2.45) is 0 Å². The van der Waals surface area contributed by atoms with Gasteiger partial charge in [-0.25, -0.2) is 4.98 Å². The Morgan fingerprint density at radius 3 is 2.82 bits per heavy atom. The number of hydrogen-bond acceptors (Lipinski definition) is 4. The first-order valence-electron chi connectivity index (χ1n) is 9.04. The molecule has 0 bridgehead atoms. The zero-order valence-electron chi connectivity index (χ0n) is 15.4. The summed E-state index contributed by atoms with van der Waals surface area (Å²) in [6.07, 6.45) is 3.28. The lowest BCUT2D eigenvalue weighted by Gasteiger charge is -2.19. The van der Waals surface area contributed by atoms with Crippen molar-refractivity contribution in [3.63, 3.8) is 0 Å². The predicted octanol–water partition coefficient (Wildman–Crippen LogP) is 4.68. The smallest absolute Gasteiger partial charge is 0.246 e. The van der Waals surface area contributed by atoms with E-state index in [0.29, 0.717) is 23.8 Å². The largest absolute Gasteiger partial charge is 0.454 e. The number of carbonyl (C=O) groups is 1. The number of fused-ring (bicyclic) bond motifs is 2. The van der Waals surface area contributed by atoms with Crippen LogP contribution in [0.1, 0.15) is 18.2 Å². The van der Waals surface area contributed by atoms with Gasteiger partial charge in [-0.2, -0.15) is 0 Å². The van der Waals surface area contributed by atoms with Crippen molar-refractivity contribution >= 4 is 34.5 Å². The van der Waals surface area contributed by atoms with E-state index in [4.69, 9.17) is 21.1 Å². The summed E-state index contributed by atoms with van der Waals surface area (Å²) in [5.41, 5.74) is 2.50. The number of benzene rings is 2. The van der Waals surface area contributed by atoms with Crippen molar-refractivity contribution in [1.29, 1.82) is 0 Å². The molecular weight excluding hydrogens is 376 g/mol. The molecular formula is C22H19ClN2O3. The van der Waals surface area contributed by atoms with E-state index in [-0.39, 0.29) is 12.7 Å². The van der Waals surface area contributed by atoms with Gasteiger partial charge in [-0.1, -0.05) is 29.8 Å². The highest BCUT2D eigenvalue weighted by molar-refractivity contribution is 6.31. The zero-order valence-corrected chi connectivity index (χ0v) is 16.1. The number of ether oxygens (including phenoxy) is 2. The van der Waals surface area contributed by atoms with Crippen LogP contribution in [0.5, 0.6) is 11.5 Å². The Kier molecular flexibility index (Phi) is 5.17. The molecule has 0 aliphatic carbocycles. The average Bonchev–Trinajstić information content (AvgIpc) is 3.17. The Bertz CT molecular complexity index is 1060. The fraction of sp³-hybridized carbons (Fsp3) is 0.182. The molecule has 142 valence electrons. The molecule has 6 heteroatoms. The van der Waals surface area contributed by atoms with Crippen molar-refractivity contribution < 1.29 is 14.3 Å². The molecule has 1 amide bonds. The van der Waals surface area contributed by atoms with Gasteiger partial charge in [-0.3, -0.25) is 4.79 Å². The maximum absolute atomic E-state index is 12.6. The third kappa shape index (κ3) is 3.94. The summed E-state index contributed by atoms with van der Waals surface area (Å²) in [6, 6.07) is 15.1. The third-order valence-corrected chi connectivity index (χ3v) is 4.81. The quantitative estimate of drug-likeness (QED) is 0.589. The first kappa shape index (κ1) is 18.3. The molecule has 0 saturated heterocycles. The van der Waals surface area contributed by atoms with E-state index in [2.05, 4.69) is 4.98 Å². The summed E-state index contributed by atoms with van der Waals surface area (Å²) in [5.74, 6) is 1.38. The molecule has 1 aliphatic heterocycles. The molecule has 0 atom stereocenters. The number of pyridine rings is 1. The molecule has 3 aromatic rings. The van der Waals surface area contributed by atoms with Crippen LogP contribution in [0.3, 0.4) is 0 Å². The van der Waals surface area contributed by atoms with Crippen molar-refractivity contribution in [1.82, 2.24) is 9.88 Å². The number of likely N-dealkylation sites (N-methyl/N-ethyl adjacent to an activating group) is 1. The minimum atomic E-state index is -0.0758. The summed E-state index contributed by atoms with van der Waals surface area (Å²) in [5, 5.41) is 1.64. The second-order valence-corrected chi connectivity index (χ2v) is 6.88. The molecule has 2 heterocycles. The Balaban J connectivity index is 1.48. The number of nitrogens with zero attached hydrogens (tertiary/aromatic N) is 2. The summed E-state index contributed by atoms with van der Waals surface area (Å²) in [6.45, 7) is 3.28. The number of carbonyl (C=O) groups excluding carboxylic acids is 1. The number of hydrogen-bond donors (Lipinski definition) is 0. The molecule has 4 rings (SSSR count). The van der Waals surface area contributed by atoms with Crippen LogP contribution in [0.25, 0.3) is 17.0 Å². The van der Waals surface area contributed by atoms with E-state index in [0.717, 1.165) is 28.0 Å². The highest BCUT2D eigenvalue weighted by atomic mass is 35.5. The summed E-state index contributed by atoms with van der Waals surface area (Å²) in [4.78, 5) is 18.9. The normalized spacial score (nSPS) is 12.6. The van der Waals surface area contributed by atoms with Gasteiger partial charge in [0, 0.05) is 29.6 Å². The van der Waals surface area contributed by atoms with E-state index < -0.39 is 0 Å². The molecule has 1 aliphatic rings. The number of aromatic nitrogens is 1. The number of halogens is 1. The van der Waals surface area contributed by atoms with Crippen molar-refractivity contribution in [3.8, 4) is 11.5 Å². The van der Waals surface area contributed by atoms with Crippen molar-refractivity contribution in [3.05, 3.63) is 70.9 Å². The molecule has 5 nitrogen and oxygen atoms in total. The van der Waals surface area contributed by atoms with E-state index in [1.807, 2.05) is 55.5 Å². The van der Waals surface area contributed by atoms with Crippen LogP contribution in [0.4, 0.5) is 0 Å². The van der Waals surface area contributed by atoms with Crippen LogP contribution in [0.15, 0.2) is 54.6 Å². The lowest BCUT2D eigenvalue weighted by Crippen LogP contribution is -2.28. The number of rotatable bonds is 5. The second kappa shape index (κ2) is 7.90. The number of amides is 1. The zero-order chi connectivity index (χ0) is 19.5. The minimum absolute atomic E-state index is 0.0758. The van der Waals surface area contributed by atoms with Crippen LogP contribution in [-0.2, 0) is 11.3 Å². The van der Waals surface area contributed by atoms with E-state index in [1.54, 1.807) is 17.1 Å². The van der Waals surface area contributed by atoms with Crippen LogP contribution in [0.2, 0.25) is 5.02 Å². The highest BCUT2D eigenvalue weighted by Gasteiger charge is 2.15. The van der Waals surface area contributed by atoms with Crippen molar-refractivity contribution in [2.45, 2.75) is 13.5 Å². The third-order valence-electron chi connectivity index (χ3n) is 4.58. The molecule has 0 spiro atoms. The van der Waals surface area contributed by atoms with Crippen LogP contribution >= 0.6 is 11.6 Å². The Hall–Kier alpha value is -3.05. The Labute approximate surface area is 168 Å². The average molecular weight is 395 g/mol. The molecule has 0 saturated carbocycles. The van der Waals surface area contributed by atoms with Gasteiger partial charge in [0.1, 0.15) is 0 Å². The fourth-order valence-corrected chi connectivity index (χ4v) is 3.23. The molecule has 0 N–H and O–H groups in total. The van der Waals surface area contributed by atoms with Crippen molar-refractivity contribution in [2.75, 3.05) is 13.3 Å². The van der Waals surface area contributed by atoms with Crippen LogP contribution in [0, 0.1) is 0 Å². The van der Waals surface area contributed by atoms with Gasteiger partial charge in [-0.15, -0.1) is 0 Å². The summed E-state index contributed by atoms with van der Waals surface area (Å²) >= 11 is 6.04. The predicted molar refractivity (Wildman–Crippen MR) is 109 cm³/mol. The maximum Gasteiger partial charge on any atom is 0.246 e. The van der Waals surface area contributed by atoms with E-state index >= 15 is 0 Å².